The minimum Gasteiger partial charge on any atom is -0.378 e. The highest BCUT2D eigenvalue weighted by Gasteiger charge is 2.26. The fraction of sp³-hybridized carbons (Fsp3) is 0.750. The van der Waals surface area contributed by atoms with Gasteiger partial charge < -0.3 is 5.73 Å². The van der Waals surface area contributed by atoms with E-state index < -0.39 is 4.92 Å². The lowest BCUT2D eigenvalue weighted by molar-refractivity contribution is -0.384. The first kappa shape index (κ1) is 12.9. The molecular weight excluding hydrogens is 232 g/mol. The number of aromatic nitrogens is 2. The van der Waals surface area contributed by atoms with Crippen molar-refractivity contribution in [1.82, 2.24) is 9.78 Å². The maximum atomic E-state index is 10.9. The normalized spacial score (nSPS) is 24.1. The molecule has 100 valence electrons. The zero-order chi connectivity index (χ0) is 13.3. The minimum atomic E-state index is -0.447. The predicted octanol–water partition coefficient (Wildman–Crippen LogP) is 2.51. The lowest BCUT2D eigenvalue weighted by Crippen LogP contribution is -2.20. The molecule has 0 bridgehead atoms. The smallest absolute Gasteiger partial charge is 0.333 e. The molecule has 2 atom stereocenters. The quantitative estimate of drug-likeness (QED) is 0.661. The van der Waals surface area contributed by atoms with E-state index in [2.05, 4.69) is 12.0 Å². The molecule has 0 saturated heterocycles. The van der Waals surface area contributed by atoms with Gasteiger partial charge in [-0.05, 0) is 31.6 Å². The summed E-state index contributed by atoms with van der Waals surface area (Å²) in [4.78, 5) is 10.4. The van der Waals surface area contributed by atoms with Crippen LogP contribution in [0.5, 0.6) is 0 Å². The fourth-order valence-corrected chi connectivity index (χ4v) is 2.92. The van der Waals surface area contributed by atoms with Gasteiger partial charge in [-0.2, -0.15) is 5.10 Å². The monoisotopic (exact) mass is 252 g/mol. The summed E-state index contributed by atoms with van der Waals surface area (Å²) in [5.41, 5.74) is 6.18. The van der Waals surface area contributed by atoms with Crippen molar-refractivity contribution >= 4 is 11.5 Å². The molecule has 2 N–H and O–H groups in total. The Bertz CT molecular complexity index is 455. The summed E-state index contributed by atoms with van der Waals surface area (Å²) < 4.78 is 1.61. The average Bonchev–Trinajstić information content (AvgIpc) is 2.54. The van der Waals surface area contributed by atoms with Gasteiger partial charge in [-0.25, -0.2) is 4.68 Å². The fourth-order valence-electron chi connectivity index (χ4n) is 2.92. The number of anilines is 1. The van der Waals surface area contributed by atoms with Crippen molar-refractivity contribution < 1.29 is 4.92 Å². The number of rotatable bonds is 3. The van der Waals surface area contributed by atoms with Crippen LogP contribution in [-0.2, 0) is 6.54 Å². The Kier molecular flexibility index (Phi) is 3.54. The molecule has 1 aliphatic carbocycles. The maximum absolute atomic E-state index is 10.9. The van der Waals surface area contributed by atoms with Crippen LogP contribution in [-0.4, -0.2) is 14.7 Å². The van der Waals surface area contributed by atoms with Crippen LogP contribution in [0, 0.1) is 28.9 Å². The molecule has 2 rings (SSSR count). The van der Waals surface area contributed by atoms with Crippen molar-refractivity contribution in [2.45, 2.75) is 46.1 Å². The second-order valence-corrected chi connectivity index (χ2v) is 5.40. The topological polar surface area (TPSA) is 87.0 Å². The van der Waals surface area contributed by atoms with E-state index in [-0.39, 0.29) is 11.5 Å². The largest absolute Gasteiger partial charge is 0.378 e. The van der Waals surface area contributed by atoms with Crippen LogP contribution in [0.25, 0.3) is 0 Å². The van der Waals surface area contributed by atoms with Gasteiger partial charge in [0.15, 0.2) is 0 Å². The lowest BCUT2D eigenvalue weighted by atomic mass is 9.82. The van der Waals surface area contributed by atoms with E-state index in [0.717, 1.165) is 18.8 Å². The Labute approximate surface area is 106 Å². The van der Waals surface area contributed by atoms with E-state index in [1.54, 1.807) is 11.6 Å². The van der Waals surface area contributed by atoms with Crippen molar-refractivity contribution in [2.24, 2.45) is 11.8 Å². The molecule has 1 aromatic heterocycles. The predicted molar refractivity (Wildman–Crippen MR) is 69.2 cm³/mol. The average molecular weight is 252 g/mol. The Hall–Kier alpha value is -1.59. The van der Waals surface area contributed by atoms with Crippen LogP contribution < -0.4 is 5.73 Å². The molecule has 1 heterocycles. The number of nitrogen functional groups attached to an aromatic ring is 1. The van der Waals surface area contributed by atoms with Crippen LogP contribution in [0.4, 0.5) is 11.5 Å². The van der Waals surface area contributed by atoms with Gasteiger partial charge in [-0.3, -0.25) is 10.1 Å². The summed E-state index contributed by atoms with van der Waals surface area (Å²) >= 11 is 0. The van der Waals surface area contributed by atoms with Crippen molar-refractivity contribution in [3.63, 3.8) is 0 Å². The molecular formula is C12H20N4O2. The van der Waals surface area contributed by atoms with Crippen molar-refractivity contribution in [1.29, 1.82) is 0 Å². The third-order valence-electron chi connectivity index (χ3n) is 3.79. The third kappa shape index (κ3) is 2.47. The molecule has 6 heteroatoms. The third-order valence-corrected chi connectivity index (χ3v) is 3.79. The van der Waals surface area contributed by atoms with E-state index in [9.17, 15) is 10.1 Å². The Morgan fingerprint density at radius 1 is 1.56 bits per heavy atom. The SMILES string of the molecule is Cc1nn(CC2CCCC(C)C2)c(N)c1[N+](=O)[O-]. The van der Waals surface area contributed by atoms with Gasteiger partial charge in [-0.15, -0.1) is 0 Å². The van der Waals surface area contributed by atoms with E-state index in [1.165, 1.54) is 12.8 Å². The second-order valence-electron chi connectivity index (χ2n) is 5.40. The van der Waals surface area contributed by atoms with Gasteiger partial charge in [0, 0.05) is 6.54 Å². The highest BCUT2D eigenvalue weighted by atomic mass is 16.6. The second kappa shape index (κ2) is 4.96. The van der Waals surface area contributed by atoms with E-state index >= 15 is 0 Å². The number of hydrogen-bond donors (Lipinski definition) is 1. The summed E-state index contributed by atoms with van der Waals surface area (Å²) in [5.74, 6) is 1.46. The van der Waals surface area contributed by atoms with Crippen molar-refractivity contribution in [3.8, 4) is 0 Å². The molecule has 1 fully saturated rings. The van der Waals surface area contributed by atoms with Gasteiger partial charge in [-0.1, -0.05) is 19.8 Å². The van der Waals surface area contributed by atoms with Crippen LogP contribution in [0.3, 0.4) is 0 Å². The van der Waals surface area contributed by atoms with Gasteiger partial charge in [0.05, 0.1) is 4.92 Å². The molecule has 0 aliphatic heterocycles. The number of nitrogens with zero attached hydrogens (tertiary/aromatic N) is 3. The highest BCUT2D eigenvalue weighted by molar-refractivity contribution is 5.55. The summed E-state index contributed by atoms with van der Waals surface area (Å²) in [5, 5.41) is 15.1. The first-order chi connectivity index (χ1) is 8.49. The van der Waals surface area contributed by atoms with Gasteiger partial charge >= 0.3 is 5.69 Å². The standard InChI is InChI=1S/C12H20N4O2/c1-8-4-3-5-10(6-8)7-15-12(13)11(16(17)18)9(2)14-15/h8,10H,3-7,13H2,1-2H3. The Morgan fingerprint density at radius 2 is 2.28 bits per heavy atom. The molecule has 0 spiro atoms. The maximum Gasteiger partial charge on any atom is 0.333 e. The molecule has 1 saturated carbocycles. The Balaban J connectivity index is 2.14. The molecule has 0 amide bonds. The summed E-state index contributed by atoms with van der Waals surface area (Å²) in [6.07, 6.45) is 4.83. The zero-order valence-electron chi connectivity index (χ0n) is 10.9. The van der Waals surface area contributed by atoms with Crippen LogP contribution in [0.2, 0.25) is 0 Å². The first-order valence-corrected chi connectivity index (χ1v) is 6.46. The van der Waals surface area contributed by atoms with Crippen LogP contribution in [0.1, 0.15) is 38.3 Å². The Morgan fingerprint density at radius 3 is 2.83 bits per heavy atom. The molecule has 0 radical (unpaired) electrons. The molecule has 0 aromatic carbocycles. The van der Waals surface area contributed by atoms with Crippen LogP contribution in [0.15, 0.2) is 0 Å². The van der Waals surface area contributed by atoms with E-state index in [4.69, 9.17) is 5.73 Å². The molecule has 6 nitrogen and oxygen atoms in total. The molecule has 1 aliphatic rings. The number of nitro groups is 1. The minimum absolute atomic E-state index is 0.0427. The van der Waals surface area contributed by atoms with E-state index in [0.29, 0.717) is 18.2 Å². The highest BCUT2D eigenvalue weighted by Crippen LogP contribution is 2.32. The van der Waals surface area contributed by atoms with Gasteiger partial charge in [0.1, 0.15) is 5.69 Å². The zero-order valence-corrected chi connectivity index (χ0v) is 10.9. The summed E-state index contributed by atoms with van der Waals surface area (Å²) in [6.45, 7) is 4.59. The molecule has 2 unspecified atom stereocenters. The van der Waals surface area contributed by atoms with Crippen molar-refractivity contribution in [3.05, 3.63) is 15.8 Å². The molecule has 18 heavy (non-hydrogen) atoms. The number of aryl methyl sites for hydroxylation is 1. The molecule has 1 aromatic rings. The van der Waals surface area contributed by atoms with E-state index in [1.807, 2.05) is 0 Å². The summed E-state index contributed by atoms with van der Waals surface area (Å²) in [6, 6.07) is 0. The number of hydrogen-bond acceptors (Lipinski definition) is 4. The number of nitrogens with two attached hydrogens (primary N) is 1. The lowest BCUT2D eigenvalue weighted by Gasteiger charge is -2.26. The first-order valence-electron chi connectivity index (χ1n) is 6.46. The summed E-state index contributed by atoms with van der Waals surface area (Å²) in [7, 11) is 0. The van der Waals surface area contributed by atoms with Gasteiger partial charge in [0.25, 0.3) is 0 Å². The van der Waals surface area contributed by atoms with Gasteiger partial charge in [0.2, 0.25) is 5.82 Å². The van der Waals surface area contributed by atoms with Crippen LogP contribution >= 0.6 is 0 Å². The van der Waals surface area contributed by atoms with Crippen molar-refractivity contribution in [2.75, 3.05) is 5.73 Å².